The Labute approximate surface area is 97.8 Å². The molecular weight excluding hydrogens is 230 g/mol. The van der Waals surface area contributed by atoms with Crippen molar-refractivity contribution in [2.75, 3.05) is 5.75 Å². The van der Waals surface area contributed by atoms with Crippen LogP contribution >= 0.6 is 23.4 Å². The zero-order valence-corrected chi connectivity index (χ0v) is 9.63. The van der Waals surface area contributed by atoms with Crippen LogP contribution in [-0.4, -0.2) is 16.2 Å². The molecule has 3 N–H and O–H groups in total. The van der Waals surface area contributed by atoms with E-state index in [4.69, 9.17) is 17.3 Å². The first-order valence-corrected chi connectivity index (χ1v) is 6.46. The SMILES string of the molecule is NC1SCC2c3cc(Cl)ccc3C(O)C12. The first-order chi connectivity index (χ1) is 7.18. The fourth-order valence-electron chi connectivity index (χ4n) is 2.71. The van der Waals surface area contributed by atoms with E-state index >= 15 is 0 Å². The van der Waals surface area contributed by atoms with Gasteiger partial charge in [0.05, 0.1) is 11.5 Å². The number of thioether (sulfide) groups is 1. The second-order valence-electron chi connectivity index (χ2n) is 4.20. The summed E-state index contributed by atoms with van der Waals surface area (Å²) in [5, 5.41) is 11.0. The van der Waals surface area contributed by atoms with Gasteiger partial charge < -0.3 is 10.8 Å². The summed E-state index contributed by atoms with van der Waals surface area (Å²) in [6, 6.07) is 5.74. The van der Waals surface area contributed by atoms with Gasteiger partial charge in [0.15, 0.2) is 0 Å². The lowest BCUT2D eigenvalue weighted by atomic mass is 9.94. The fraction of sp³-hybridized carbons (Fsp3) is 0.455. The lowest BCUT2D eigenvalue weighted by molar-refractivity contribution is 0.117. The minimum atomic E-state index is -0.410. The van der Waals surface area contributed by atoms with Gasteiger partial charge in [0, 0.05) is 22.6 Å². The maximum atomic E-state index is 10.2. The predicted octanol–water partition coefficient (Wildman–Crippen LogP) is 2.12. The molecule has 1 aliphatic heterocycles. The summed E-state index contributed by atoms with van der Waals surface area (Å²) in [4.78, 5) is 0. The molecule has 1 aromatic carbocycles. The number of halogens is 1. The number of hydrogen-bond acceptors (Lipinski definition) is 3. The summed E-state index contributed by atoms with van der Waals surface area (Å²) >= 11 is 7.72. The van der Waals surface area contributed by atoms with E-state index < -0.39 is 6.10 Å². The number of nitrogens with two attached hydrogens (primary N) is 1. The highest BCUT2D eigenvalue weighted by atomic mass is 35.5. The van der Waals surface area contributed by atoms with Gasteiger partial charge in [0.1, 0.15) is 0 Å². The summed E-state index contributed by atoms with van der Waals surface area (Å²) in [6.45, 7) is 0. The minimum absolute atomic E-state index is 0.0520. The zero-order valence-electron chi connectivity index (χ0n) is 8.06. The predicted molar refractivity (Wildman–Crippen MR) is 63.1 cm³/mol. The van der Waals surface area contributed by atoms with Crippen LogP contribution in [0.15, 0.2) is 18.2 Å². The summed E-state index contributed by atoms with van der Waals surface area (Å²) in [5.74, 6) is 1.55. The molecule has 4 heteroatoms. The highest BCUT2D eigenvalue weighted by Gasteiger charge is 2.47. The van der Waals surface area contributed by atoms with Gasteiger partial charge in [0.25, 0.3) is 0 Å². The molecular formula is C11H12ClNOS. The zero-order chi connectivity index (χ0) is 10.6. The number of benzene rings is 1. The molecule has 2 nitrogen and oxygen atoms in total. The Morgan fingerprint density at radius 2 is 2.20 bits per heavy atom. The van der Waals surface area contributed by atoms with E-state index in [1.54, 1.807) is 11.8 Å². The van der Waals surface area contributed by atoms with E-state index in [0.717, 1.165) is 16.3 Å². The number of aliphatic hydroxyl groups excluding tert-OH is 1. The molecule has 0 aromatic heterocycles. The summed E-state index contributed by atoms with van der Waals surface area (Å²) in [6.07, 6.45) is -0.410. The van der Waals surface area contributed by atoms with Crippen molar-refractivity contribution < 1.29 is 5.11 Å². The molecule has 0 spiro atoms. The van der Waals surface area contributed by atoms with Crippen molar-refractivity contribution in [3.63, 3.8) is 0 Å². The van der Waals surface area contributed by atoms with Crippen molar-refractivity contribution in [2.45, 2.75) is 17.4 Å². The molecule has 1 aliphatic carbocycles. The van der Waals surface area contributed by atoms with Crippen molar-refractivity contribution in [1.29, 1.82) is 0 Å². The van der Waals surface area contributed by atoms with Crippen LogP contribution in [0.25, 0.3) is 0 Å². The van der Waals surface area contributed by atoms with Crippen molar-refractivity contribution in [3.05, 3.63) is 34.3 Å². The van der Waals surface area contributed by atoms with Gasteiger partial charge in [-0.2, -0.15) is 0 Å². The molecule has 0 bridgehead atoms. The quantitative estimate of drug-likeness (QED) is 0.732. The molecule has 2 aliphatic rings. The van der Waals surface area contributed by atoms with Crippen LogP contribution in [0.1, 0.15) is 23.1 Å². The van der Waals surface area contributed by atoms with Gasteiger partial charge in [-0.15, -0.1) is 11.8 Å². The average molecular weight is 242 g/mol. The van der Waals surface area contributed by atoms with Crippen LogP contribution in [0.4, 0.5) is 0 Å². The topological polar surface area (TPSA) is 46.2 Å². The third kappa shape index (κ3) is 1.34. The van der Waals surface area contributed by atoms with E-state index in [-0.39, 0.29) is 11.3 Å². The summed E-state index contributed by atoms with van der Waals surface area (Å²) < 4.78 is 0. The lowest BCUT2D eigenvalue weighted by Gasteiger charge is -2.17. The van der Waals surface area contributed by atoms with E-state index in [1.807, 2.05) is 18.2 Å². The molecule has 1 fully saturated rings. The van der Waals surface area contributed by atoms with E-state index in [0.29, 0.717) is 5.92 Å². The third-order valence-corrected chi connectivity index (χ3v) is 4.93. The Balaban J connectivity index is 2.11. The molecule has 80 valence electrons. The first kappa shape index (κ1) is 9.97. The smallest absolute Gasteiger partial charge is 0.0850 e. The van der Waals surface area contributed by atoms with E-state index in [2.05, 4.69) is 0 Å². The van der Waals surface area contributed by atoms with Crippen LogP contribution in [-0.2, 0) is 0 Å². The average Bonchev–Trinajstić information content (AvgIpc) is 2.70. The van der Waals surface area contributed by atoms with Crippen LogP contribution in [0.3, 0.4) is 0 Å². The van der Waals surface area contributed by atoms with Crippen molar-refractivity contribution in [2.24, 2.45) is 11.7 Å². The third-order valence-electron chi connectivity index (χ3n) is 3.44. The van der Waals surface area contributed by atoms with Gasteiger partial charge in [-0.05, 0) is 23.3 Å². The molecule has 1 heterocycles. The Morgan fingerprint density at radius 3 is 3.00 bits per heavy atom. The van der Waals surface area contributed by atoms with Gasteiger partial charge in [0.2, 0.25) is 0 Å². The number of aliphatic hydroxyl groups is 1. The normalized spacial score (nSPS) is 37.8. The second kappa shape index (κ2) is 3.39. The second-order valence-corrected chi connectivity index (χ2v) is 5.85. The molecule has 0 amide bonds. The van der Waals surface area contributed by atoms with Crippen LogP contribution in [0, 0.1) is 5.92 Å². The maximum absolute atomic E-state index is 10.2. The van der Waals surface area contributed by atoms with E-state index in [9.17, 15) is 5.11 Å². The van der Waals surface area contributed by atoms with Crippen LogP contribution < -0.4 is 5.73 Å². The van der Waals surface area contributed by atoms with E-state index in [1.165, 1.54) is 5.56 Å². The van der Waals surface area contributed by atoms with Gasteiger partial charge in [-0.3, -0.25) is 0 Å². The Kier molecular flexibility index (Phi) is 2.25. The van der Waals surface area contributed by atoms with Gasteiger partial charge >= 0.3 is 0 Å². The molecule has 15 heavy (non-hydrogen) atoms. The molecule has 0 radical (unpaired) electrons. The summed E-state index contributed by atoms with van der Waals surface area (Å²) in [7, 11) is 0. The lowest BCUT2D eigenvalue weighted by Crippen LogP contribution is -2.26. The standard InChI is InChI=1S/C11H12ClNOS/c12-5-1-2-6-7(3-5)8-4-15-11(13)9(8)10(6)14/h1-3,8-11,14H,4,13H2. The molecule has 3 rings (SSSR count). The van der Waals surface area contributed by atoms with Crippen molar-refractivity contribution >= 4 is 23.4 Å². The summed E-state index contributed by atoms with van der Waals surface area (Å²) in [5.41, 5.74) is 8.21. The fourth-order valence-corrected chi connectivity index (χ4v) is 4.28. The van der Waals surface area contributed by atoms with Gasteiger partial charge in [-0.1, -0.05) is 17.7 Å². The molecule has 1 saturated heterocycles. The Hall–Kier alpha value is -0.220. The van der Waals surface area contributed by atoms with Gasteiger partial charge in [-0.25, -0.2) is 0 Å². The first-order valence-electron chi connectivity index (χ1n) is 5.03. The Morgan fingerprint density at radius 1 is 1.40 bits per heavy atom. The van der Waals surface area contributed by atoms with Crippen LogP contribution in [0.2, 0.25) is 5.02 Å². The van der Waals surface area contributed by atoms with Crippen LogP contribution in [0.5, 0.6) is 0 Å². The molecule has 1 aromatic rings. The highest BCUT2D eigenvalue weighted by Crippen LogP contribution is 2.54. The van der Waals surface area contributed by atoms with Crippen molar-refractivity contribution in [1.82, 2.24) is 0 Å². The largest absolute Gasteiger partial charge is 0.388 e. The number of fused-ring (bicyclic) bond motifs is 3. The monoisotopic (exact) mass is 241 g/mol. The maximum Gasteiger partial charge on any atom is 0.0850 e. The van der Waals surface area contributed by atoms with Crippen molar-refractivity contribution in [3.8, 4) is 0 Å². The molecule has 4 unspecified atom stereocenters. The minimum Gasteiger partial charge on any atom is -0.388 e. The highest BCUT2D eigenvalue weighted by molar-refractivity contribution is 8.00. The molecule has 0 saturated carbocycles. The Bertz CT molecular complexity index is 412. The number of rotatable bonds is 0. The number of hydrogen-bond donors (Lipinski definition) is 2. The molecule has 4 atom stereocenters.